The molecule has 0 radical (unpaired) electrons. The number of nitrogens with zero attached hydrogens (tertiary/aromatic N) is 2. The molecule has 1 fully saturated rings. The van der Waals surface area contributed by atoms with E-state index >= 15 is 0 Å². The molecule has 0 aromatic heterocycles. The number of ether oxygens (including phenoxy) is 2. The third-order valence-electron chi connectivity index (χ3n) is 4.88. The summed E-state index contributed by atoms with van der Waals surface area (Å²) in [4.78, 5) is 38.7. The van der Waals surface area contributed by atoms with Crippen LogP contribution in [0, 0.1) is 11.3 Å². The molecule has 9 nitrogen and oxygen atoms in total. The van der Waals surface area contributed by atoms with Gasteiger partial charge in [-0.25, -0.2) is 0 Å². The average Bonchev–Trinajstić information content (AvgIpc) is 3.08. The molecule has 3 N–H and O–H groups in total. The van der Waals surface area contributed by atoms with Crippen molar-refractivity contribution in [1.82, 2.24) is 10.2 Å². The number of nitrogens with one attached hydrogen (secondary N) is 1. The lowest BCUT2D eigenvalue weighted by atomic mass is 9.82. The molecule has 2 aliphatic heterocycles. The SMILES string of the molecule is CNC(=O)C1=C2SC(CC(=O)OC)C(=O)N2C(N)=C(C#N)C1c1cccc(OC)c1. The van der Waals surface area contributed by atoms with Crippen LogP contribution < -0.4 is 15.8 Å². The number of hydrogen-bond acceptors (Lipinski definition) is 8. The van der Waals surface area contributed by atoms with E-state index in [1.54, 1.807) is 24.3 Å². The maximum Gasteiger partial charge on any atom is 0.307 e. The van der Waals surface area contributed by atoms with Crippen molar-refractivity contribution in [2.24, 2.45) is 5.73 Å². The van der Waals surface area contributed by atoms with E-state index < -0.39 is 29.0 Å². The molecular formula is C20H20N4O5S. The zero-order chi connectivity index (χ0) is 22.0. The number of methoxy groups -OCH3 is 2. The Kier molecular flexibility index (Phi) is 6.03. The van der Waals surface area contributed by atoms with E-state index in [1.807, 2.05) is 0 Å². The highest BCUT2D eigenvalue weighted by Gasteiger charge is 2.48. The number of carbonyl (C=O) groups is 3. The second-order valence-corrected chi connectivity index (χ2v) is 7.67. The summed E-state index contributed by atoms with van der Waals surface area (Å²) in [5.74, 6) is -1.80. The standard InChI is InChI=1S/C20H20N4O5S/c1-23-18(26)16-15(10-5-4-6-11(7-10)28-2)12(9-21)17(22)24-19(27)13(30-20(16)24)8-14(25)29-3/h4-7,13,15H,8,22H2,1-3H3,(H,23,26). The number of nitrogens with two attached hydrogens (primary N) is 1. The Balaban J connectivity index is 2.21. The van der Waals surface area contributed by atoms with Crippen LogP contribution in [0.2, 0.25) is 0 Å². The summed E-state index contributed by atoms with van der Waals surface area (Å²) >= 11 is 1.06. The van der Waals surface area contributed by atoms with Gasteiger partial charge < -0.3 is 20.5 Å². The minimum Gasteiger partial charge on any atom is -0.497 e. The second-order valence-electron chi connectivity index (χ2n) is 6.48. The summed E-state index contributed by atoms with van der Waals surface area (Å²) in [5.41, 5.74) is 7.12. The molecule has 1 saturated heterocycles. The predicted molar refractivity (Wildman–Crippen MR) is 109 cm³/mol. The van der Waals surface area contributed by atoms with E-state index in [4.69, 9.17) is 10.5 Å². The monoisotopic (exact) mass is 428 g/mol. The summed E-state index contributed by atoms with van der Waals surface area (Å²) in [6, 6.07) is 9.00. The van der Waals surface area contributed by atoms with Crippen molar-refractivity contribution in [3.8, 4) is 11.8 Å². The van der Waals surface area contributed by atoms with Crippen molar-refractivity contribution in [1.29, 1.82) is 5.26 Å². The van der Waals surface area contributed by atoms with Gasteiger partial charge >= 0.3 is 5.97 Å². The van der Waals surface area contributed by atoms with Crippen LogP contribution in [0.3, 0.4) is 0 Å². The Morgan fingerprint density at radius 1 is 1.37 bits per heavy atom. The maximum atomic E-state index is 13.0. The van der Waals surface area contributed by atoms with Crippen molar-refractivity contribution in [3.05, 3.63) is 51.8 Å². The fourth-order valence-corrected chi connectivity index (χ4v) is 4.76. The summed E-state index contributed by atoms with van der Waals surface area (Å²) in [6.45, 7) is 0. The molecule has 3 rings (SSSR count). The minimum atomic E-state index is -0.811. The molecule has 2 aliphatic rings. The van der Waals surface area contributed by atoms with Crippen LogP contribution in [-0.4, -0.2) is 49.2 Å². The number of benzene rings is 1. The fraction of sp³-hybridized carbons (Fsp3) is 0.300. The first kappa shape index (κ1) is 21.3. The van der Waals surface area contributed by atoms with Gasteiger partial charge in [0.15, 0.2) is 0 Å². The van der Waals surface area contributed by atoms with Crippen LogP contribution in [0.25, 0.3) is 0 Å². The first-order valence-electron chi connectivity index (χ1n) is 8.95. The molecule has 0 bridgehead atoms. The molecule has 10 heteroatoms. The van der Waals surface area contributed by atoms with Gasteiger partial charge in [-0.05, 0) is 17.7 Å². The Morgan fingerprint density at radius 3 is 2.70 bits per heavy atom. The number of fused-ring (bicyclic) bond motifs is 1. The number of rotatable bonds is 5. The first-order valence-corrected chi connectivity index (χ1v) is 9.83. The zero-order valence-corrected chi connectivity index (χ0v) is 17.4. The zero-order valence-electron chi connectivity index (χ0n) is 16.6. The van der Waals surface area contributed by atoms with E-state index in [1.165, 1.54) is 21.3 Å². The van der Waals surface area contributed by atoms with Gasteiger partial charge in [0.05, 0.1) is 48.8 Å². The van der Waals surface area contributed by atoms with Crippen molar-refractivity contribution in [2.45, 2.75) is 17.6 Å². The largest absolute Gasteiger partial charge is 0.497 e. The van der Waals surface area contributed by atoms with Crippen molar-refractivity contribution in [2.75, 3.05) is 21.3 Å². The molecule has 2 heterocycles. The predicted octanol–water partition coefficient (Wildman–Crippen LogP) is 0.951. The lowest BCUT2D eigenvalue weighted by Crippen LogP contribution is -2.39. The maximum absolute atomic E-state index is 13.0. The van der Waals surface area contributed by atoms with Crippen molar-refractivity contribution in [3.63, 3.8) is 0 Å². The Morgan fingerprint density at radius 2 is 2.10 bits per heavy atom. The number of carbonyl (C=O) groups excluding carboxylic acids is 3. The van der Waals surface area contributed by atoms with Gasteiger partial charge in [-0.3, -0.25) is 19.3 Å². The number of hydrogen-bond donors (Lipinski definition) is 2. The second kappa shape index (κ2) is 8.51. The molecule has 0 saturated carbocycles. The third-order valence-corrected chi connectivity index (χ3v) is 6.15. The van der Waals surface area contributed by atoms with Crippen molar-refractivity contribution >= 4 is 29.5 Å². The van der Waals surface area contributed by atoms with Crippen molar-refractivity contribution < 1.29 is 23.9 Å². The van der Waals surface area contributed by atoms with Gasteiger partial charge in [0, 0.05) is 7.05 Å². The van der Waals surface area contributed by atoms with E-state index in [2.05, 4.69) is 16.1 Å². The van der Waals surface area contributed by atoms with Gasteiger partial charge in [0.25, 0.3) is 5.91 Å². The molecule has 156 valence electrons. The number of allylic oxidation sites excluding steroid dienone is 1. The molecule has 1 aromatic carbocycles. The van der Waals surface area contributed by atoms with Crippen LogP contribution in [0.1, 0.15) is 17.9 Å². The topological polar surface area (TPSA) is 135 Å². The van der Waals surface area contributed by atoms with Gasteiger partial charge in [0.1, 0.15) is 16.8 Å². The molecule has 1 aromatic rings. The highest BCUT2D eigenvalue weighted by Crippen LogP contribution is 2.50. The average molecular weight is 428 g/mol. The number of nitriles is 1. The Hall–Kier alpha value is -3.45. The normalized spacial score (nSPS) is 20.6. The van der Waals surface area contributed by atoms with Crippen LogP contribution in [0.4, 0.5) is 0 Å². The van der Waals surface area contributed by atoms with Crippen LogP contribution in [-0.2, 0) is 19.1 Å². The van der Waals surface area contributed by atoms with Gasteiger partial charge in [0.2, 0.25) is 5.91 Å². The lowest BCUT2D eigenvalue weighted by molar-refractivity contribution is -0.142. The smallest absolute Gasteiger partial charge is 0.307 e. The van der Waals surface area contributed by atoms with Crippen LogP contribution in [0.5, 0.6) is 5.75 Å². The lowest BCUT2D eigenvalue weighted by Gasteiger charge is -2.32. The summed E-state index contributed by atoms with van der Waals surface area (Å²) in [7, 11) is 4.21. The van der Waals surface area contributed by atoms with Gasteiger partial charge in [-0.1, -0.05) is 23.9 Å². The minimum absolute atomic E-state index is 0.0576. The van der Waals surface area contributed by atoms with Gasteiger partial charge in [-0.15, -0.1) is 0 Å². The Bertz CT molecular complexity index is 1030. The van der Waals surface area contributed by atoms with Crippen LogP contribution in [0.15, 0.2) is 46.3 Å². The highest BCUT2D eigenvalue weighted by molar-refractivity contribution is 8.04. The highest BCUT2D eigenvalue weighted by atomic mass is 32.2. The number of esters is 1. The molecule has 0 aliphatic carbocycles. The third kappa shape index (κ3) is 3.48. The number of likely N-dealkylation sites (N-methyl/N-ethyl adjacent to an activating group) is 1. The Labute approximate surface area is 177 Å². The molecule has 30 heavy (non-hydrogen) atoms. The van der Waals surface area contributed by atoms with E-state index in [0.29, 0.717) is 16.3 Å². The van der Waals surface area contributed by atoms with Crippen LogP contribution >= 0.6 is 11.8 Å². The summed E-state index contributed by atoms with van der Waals surface area (Å²) in [5, 5.41) is 11.9. The molecule has 2 amide bonds. The summed E-state index contributed by atoms with van der Waals surface area (Å²) < 4.78 is 9.94. The number of thioether (sulfide) groups is 1. The molecule has 0 spiro atoms. The quantitative estimate of drug-likeness (QED) is 0.662. The van der Waals surface area contributed by atoms with E-state index in [0.717, 1.165) is 16.7 Å². The fourth-order valence-electron chi connectivity index (χ4n) is 3.43. The van der Waals surface area contributed by atoms with E-state index in [-0.39, 0.29) is 23.4 Å². The van der Waals surface area contributed by atoms with Gasteiger partial charge in [-0.2, -0.15) is 5.26 Å². The first-order chi connectivity index (χ1) is 14.4. The van der Waals surface area contributed by atoms with E-state index in [9.17, 15) is 19.6 Å². The number of amides is 2. The molecule has 2 unspecified atom stereocenters. The molecular weight excluding hydrogens is 408 g/mol. The molecule has 2 atom stereocenters. The summed E-state index contributed by atoms with van der Waals surface area (Å²) in [6.07, 6.45) is -0.181.